The van der Waals surface area contributed by atoms with Gasteiger partial charge in [0.2, 0.25) is 0 Å². The summed E-state index contributed by atoms with van der Waals surface area (Å²) < 4.78 is 0. The first-order valence-corrected chi connectivity index (χ1v) is 17.8. The normalized spacial score (nSPS) is 17.3. The molecule has 196 valence electrons. The molecule has 0 nitrogen and oxygen atoms in total. The molecule has 1 heteroatoms. The van der Waals surface area contributed by atoms with Gasteiger partial charge >= 0.3 is 0 Å². The van der Waals surface area contributed by atoms with Gasteiger partial charge in [-0.2, -0.15) is 0 Å². The molecule has 2 unspecified atom stereocenters. The van der Waals surface area contributed by atoms with E-state index in [1.165, 1.54) is 66.1 Å². The van der Waals surface area contributed by atoms with Gasteiger partial charge in [-0.1, -0.05) is 147 Å². The van der Waals surface area contributed by atoms with Gasteiger partial charge in [-0.25, -0.2) is 0 Å². The van der Waals surface area contributed by atoms with Crippen molar-refractivity contribution in [2.45, 2.75) is 24.2 Å². The summed E-state index contributed by atoms with van der Waals surface area (Å²) in [5.41, 5.74) is 12.1. The maximum Gasteiger partial charge on any atom is 0.0715 e. The van der Waals surface area contributed by atoms with Crippen molar-refractivity contribution in [3.05, 3.63) is 156 Å². The van der Waals surface area contributed by atoms with Crippen LogP contribution < -0.4 is 0 Å². The number of hydrogen-bond donors (Lipinski definition) is 0. The highest BCUT2D eigenvalue weighted by molar-refractivity contribution is 6.81. The van der Waals surface area contributed by atoms with Crippen LogP contribution in [0.4, 0.5) is 0 Å². The Morgan fingerprint density at radius 3 is 1.34 bits per heavy atom. The average Bonchev–Trinajstić information content (AvgIpc) is 3.66. The Morgan fingerprint density at radius 1 is 0.439 bits per heavy atom. The molecular formula is C40H32Si. The van der Waals surface area contributed by atoms with E-state index in [-0.39, 0.29) is 0 Å². The summed E-state index contributed by atoms with van der Waals surface area (Å²) in [4.78, 5) is 0. The second-order valence-electron chi connectivity index (χ2n) is 12.2. The van der Waals surface area contributed by atoms with Crippen molar-refractivity contribution < 1.29 is 0 Å². The van der Waals surface area contributed by atoms with Crippen LogP contribution in [-0.4, -0.2) is 8.07 Å². The van der Waals surface area contributed by atoms with E-state index >= 15 is 0 Å². The molecule has 0 aromatic heterocycles. The van der Waals surface area contributed by atoms with Crippen LogP contribution in [0.2, 0.25) is 13.1 Å². The maximum absolute atomic E-state index is 2.59. The van der Waals surface area contributed by atoms with Crippen LogP contribution in [0.1, 0.15) is 33.3 Å². The molecular weight excluding hydrogens is 509 g/mol. The first-order valence-electron chi connectivity index (χ1n) is 14.7. The second kappa shape index (κ2) is 9.29. The molecule has 2 aliphatic carbocycles. The molecule has 0 saturated carbocycles. The summed E-state index contributed by atoms with van der Waals surface area (Å²) in [7, 11) is -1.85. The molecule has 0 amide bonds. The van der Waals surface area contributed by atoms with E-state index in [1.807, 2.05) is 0 Å². The number of fused-ring (bicyclic) bond motifs is 4. The van der Waals surface area contributed by atoms with Crippen LogP contribution in [0, 0.1) is 0 Å². The van der Waals surface area contributed by atoms with Crippen LogP contribution in [0.25, 0.3) is 56.0 Å². The molecule has 0 saturated heterocycles. The molecule has 0 N–H and O–H groups in total. The van der Waals surface area contributed by atoms with Crippen LogP contribution in [0.15, 0.2) is 133 Å². The van der Waals surface area contributed by atoms with Crippen molar-refractivity contribution >= 4 is 41.8 Å². The third-order valence-corrected chi connectivity index (χ3v) is 13.8. The molecule has 0 heterocycles. The van der Waals surface area contributed by atoms with Gasteiger partial charge in [0.25, 0.3) is 0 Å². The number of rotatable bonds is 4. The van der Waals surface area contributed by atoms with E-state index in [0.29, 0.717) is 11.1 Å². The largest absolute Gasteiger partial charge is 0.0791 e. The number of hydrogen-bond acceptors (Lipinski definition) is 0. The van der Waals surface area contributed by atoms with Crippen molar-refractivity contribution in [1.29, 1.82) is 0 Å². The Labute approximate surface area is 243 Å². The molecule has 0 fully saturated rings. The van der Waals surface area contributed by atoms with Gasteiger partial charge in [0.05, 0.1) is 8.07 Å². The Balaban J connectivity index is 1.16. The van der Waals surface area contributed by atoms with E-state index in [0.717, 1.165) is 0 Å². The molecule has 0 spiro atoms. The Morgan fingerprint density at radius 2 is 0.878 bits per heavy atom. The quantitative estimate of drug-likeness (QED) is 0.195. The molecule has 41 heavy (non-hydrogen) atoms. The van der Waals surface area contributed by atoms with Gasteiger partial charge in [-0.3, -0.25) is 0 Å². The topological polar surface area (TPSA) is 0 Å². The predicted molar refractivity (Wildman–Crippen MR) is 180 cm³/mol. The van der Waals surface area contributed by atoms with Crippen molar-refractivity contribution in [2.75, 3.05) is 0 Å². The fourth-order valence-electron chi connectivity index (χ4n) is 7.38. The minimum atomic E-state index is -1.85. The van der Waals surface area contributed by atoms with E-state index in [2.05, 4.69) is 159 Å². The van der Waals surface area contributed by atoms with E-state index in [1.54, 1.807) is 0 Å². The van der Waals surface area contributed by atoms with Crippen molar-refractivity contribution in [1.82, 2.24) is 0 Å². The highest BCUT2D eigenvalue weighted by Gasteiger charge is 2.43. The zero-order valence-electron chi connectivity index (χ0n) is 23.5. The first-order chi connectivity index (χ1) is 20.1. The molecule has 2 aliphatic rings. The summed E-state index contributed by atoms with van der Waals surface area (Å²) in [5, 5.41) is 5.18. The van der Waals surface area contributed by atoms with Gasteiger partial charge in [0.1, 0.15) is 0 Å². The van der Waals surface area contributed by atoms with Gasteiger partial charge in [0.15, 0.2) is 0 Å². The minimum absolute atomic E-state index is 0.475. The van der Waals surface area contributed by atoms with Crippen LogP contribution in [0.5, 0.6) is 0 Å². The van der Waals surface area contributed by atoms with E-state index in [4.69, 9.17) is 0 Å². The molecule has 0 radical (unpaired) electrons. The lowest BCUT2D eigenvalue weighted by molar-refractivity contribution is 1.05. The first kappa shape index (κ1) is 24.3. The average molecular weight is 541 g/mol. The molecule has 0 aliphatic heterocycles. The lowest BCUT2D eigenvalue weighted by Crippen LogP contribution is -2.40. The fourth-order valence-corrected chi connectivity index (χ4v) is 11.1. The van der Waals surface area contributed by atoms with Gasteiger partial charge in [0, 0.05) is 0 Å². The monoisotopic (exact) mass is 540 g/mol. The lowest BCUT2D eigenvalue weighted by atomic mass is 9.95. The summed E-state index contributed by atoms with van der Waals surface area (Å²) in [6.07, 6.45) is 9.84. The Bertz CT molecular complexity index is 1890. The zero-order valence-corrected chi connectivity index (χ0v) is 24.5. The van der Waals surface area contributed by atoms with Crippen LogP contribution >= 0.6 is 0 Å². The third-order valence-electron chi connectivity index (χ3n) is 9.58. The number of allylic oxidation sites excluding steroid dienone is 2. The summed E-state index contributed by atoms with van der Waals surface area (Å²) in [6, 6.07) is 45.0. The number of benzene rings is 6. The second-order valence-corrected chi connectivity index (χ2v) is 17.1. The summed E-state index contributed by atoms with van der Waals surface area (Å²) >= 11 is 0. The molecule has 6 aromatic rings. The highest BCUT2D eigenvalue weighted by atomic mass is 28.3. The van der Waals surface area contributed by atoms with Gasteiger partial charge < -0.3 is 0 Å². The fraction of sp³-hybridized carbons (Fsp3) is 0.100. The molecule has 6 aromatic carbocycles. The lowest BCUT2D eigenvalue weighted by Gasteiger charge is -2.35. The third kappa shape index (κ3) is 3.88. The summed E-state index contributed by atoms with van der Waals surface area (Å²) in [5.74, 6) is 0. The predicted octanol–water partition coefficient (Wildman–Crippen LogP) is 11.0. The molecule has 2 atom stereocenters. The van der Waals surface area contributed by atoms with E-state index < -0.39 is 8.07 Å². The molecule has 0 bridgehead atoms. The van der Waals surface area contributed by atoms with Crippen molar-refractivity contribution in [3.63, 3.8) is 0 Å². The highest BCUT2D eigenvalue weighted by Crippen LogP contribution is 2.50. The minimum Gasteiger partial charge on any atom is -0.0791 e. The molecule has 8 rings (SSSR count). The standard InChI is InChI=1S/C40H32Si/c1-41(2,39-23-21-35-33(13-7-15-37(35)39)31-19-17-27-9-3-5-11-29(27)25-31)40-24-22-36-34(14-8-16-38(36)40)32-20-18-28-10-4-6-12-30(28)26-32/h3-26,39-40H,1-2H3. The van der Waals surface area contributed by atoms with Gasteiger partial charge in [-0.05, 0) is 89.3 Å². The van der Waals surface area contributed by atoms with E-state index in [9.17, 15) is 0 Å². The Kier molecular flexibility index (Phi) is 5.52. The Hall–Kier alpha value is -4.46. The van der Waals surface area contributed by atoms with Crippen LogP contribution in [-0.2, 0) is 0 Å². The van der Waals surface area contributed by atoms with Gasteiger partial charge in [-0.15, -0.1) is 0 Å². The van der Waals surface area contributed by atoms with Crippen LogP contribution in [0.3, 0.4) is 0 Å². The van der Waals surface area contributed by atoms with Crippen molar-refractivity contribution in [3.8, 4) is 22.3 Å². The SMILES string of the molecule is C[Si](C)(C1C=Cc2c(-c3ccc4ccccc4c3)cccc21)C1C=Cc2c(-c3ccc4ccccc4c3)cccc21. The summed E-state index contributed by atoms with van der Waals surface area (Å²) in [6.45, 7) is 5.18. The van der Waals surface area contributed by atoms with Crippen molar-refractivity contribution in [2.24, 2.45) is 0 Å². The smallest absolute Gasteiger partial charge is 0.0715 e. The maximum atomic E-state index is 2.59. The zero-order chi connectivity index (χ0) is 27.6.